The van der Waals surface area contributed by atoms with E-state index < -0.39 is 0 Å². The Bertz CT molecular complexity index is 785. The highest BCUT2D eigenvalue weighted by atomic mass is 16.5. The third-order valence-electron chi connectivity index (χ3n) is 10.6. The first-order chi connectivity index (χ1) is 14.8. The molecule has 1 saturated heterocycles. The molecular formula is C27H41NO3. The van der Waals surface area contributed by atoms with Crippen LogP contribution in [0.15, 0.2) is 23.8 Å². The number of aliphatic hydroxyl groups is 1. The molecule has 5 aliphatic rings. The number of hydrogen-bond donors (Lipinski definition) is 2. The smallest absolute Gasteiger partial charge is 0.156 e. The van der Waals surface area contributed by atoms with Gasteiger partial charge in [-0.1, -0.05) is 32.9 Å². The lowest BCUT2D eigenvalue weighted by molar-refractivity contribution is -0.116. The van der Waals surface area contributed by atoms with Crippen molar-refractivity contribution in [2.24, 2.45) is 52.1 Å². The summed E-state index contributed by atoms with van der Waals surface area (Å²) in [5.74, 6) is 3.68. The molecular weight excluding hydrogens is 386 g/mol. The van der Waals surface area contributed by atoms with Crippen LogP contribution in [0.1, 0.15) is 65.7 Å². The van der Waals surface area contributed by atoms with Crippen molar-refractivity contribution in [3.8, 4) is 0 Å². The zero-order chi connectivity index (χ0) is 22.0. The van der Waals surface area contributed by atoms with Gasteiger partial charge in [0.2, 0.25) is 0 Å². The molecule has 3 fully saturated rings. The molecule has 1 aliphatic heterocycles. The molecule has 5 rings (SSSR count). The van der Waals surface area contributed by atoms with Gasteiger partial charge >= 0.3 is 0 Å². The Hall–Kier alpha value is -0.970. The Balaban J connectivity index is 1.35. The van der Waals surface area contributed by atoms with Crippen molar-refractivity contribution in [1.29, 1.82) is 0 Å². The lowest BCUT2D eigenvalue weighted by Crippen LogP contribution is -2.49. The predicted octanol–water partition coefficient (Wildman–Crippen LogP) is 4.27. The predicted molar refractivity (Wildman–Crippen MR) is 122 cm³/mol. The van der Waals surface area contributed by atoms with Gasteiger partial charge in [0.1, 0.15) is 0 Å². The summed E-state index contributed by atoms with van der Waals surface area (Å²) < 4.78 is 6.72. The van der Waals surface area contributed by atoms with E-state index in [9.17, 15) is 9.90 Å². The molecule has 0 amide bonds. The van der Waals surface area contributed by atoms with E-state index in [1.165, 1.54) is 24.8 Å². The summed E-state index contributed by atoms with van der Waals surface area (Å²) in [6.07, 6.45) is 14.8. The van der Waals surface area contributed by atoms with Crippen LogP contribution in [0.4, 0.5) is 0 Å². The van der Waals surface area contributed by atoms with Gasteiger partial charge in [0.25, 0.3) is 0 Å². The molecule has 10 atom stereocenters. The van der Waals surface area contributed by atoms with E-state index in [4.69, 9.17) is 10.5 Å². The van der Waals surface area contributed by atoms with Gasteiger partial charge in [-0.05, 0) is 103 Å². The topological polar surface area (TPSA) is 72.6 Å². The van der Waals surface area contributed by atoms with Crippen molar-refractivity contribution < 1.29 is 14.6 Å². The SMILES string of the molecule is C[C@@H]1C(CCC(CN)CO)O[C@H]2C[C@H]3[C@@H]4C=CC5=CC(=O)CC[C@]5(C)[C@H]4CC[C@]3(C)[C@H]21. The molecule has 172 valence electrons. The van der Waals surface area contributed by atoms with Crippen LogP contribution < -0.4 is 5.73 Å². The van der Waals surface area contributed by atoms with Crippen LogP contribution in [-0.2, 0) is 9.53 Å². The lowest BCUT2D eigenvalue weighted by Gasteiger charge is -2.56. The number of nitrogens with two attached hydrogens (primary N) is 1. The molecule has 0 aromatic heterocycles. The molecule has 3 N–H and O–H groups in total. The van der Waals surface area contributed by atoms with Gasteiger partial charge in [-0.15, -0.1) is 0 Å². The van der Waals surface area contributed by atoms with E-state index in [1.54, 1.807) is 0 Å². The van der Waals surface area contributed by atoms with Crippen molar-refractivity contribution in [1.82, 2.24) is 0 Å². The quantitative estimate of drug-likeness (QED) is 0.687. The highest BCUT2D eigenvalue weighted by molar-refractivity contribution is 5.92. The van der Waals surface area contributed by atoms with E-state index in [1.807, 2.05) is 6.08 Å². The number of hydrogen-bond acceptors (Lipinski definition) is 4. The maximum Gasteiger partial charge on any atom is 0.156 e. The van der Waals surface area contributed by atoms with Crippen molar-refractivity contribution in [3.63, 3.8) is 0 Å². The van der Waals surface area contributed by atoms with E-state index in [-0.39, 0.29) is 17.9 Å². The molecule has 0 aromatic rings. The maximum absolute atomic E-state index is 12.0. The first-order valence-corrected chi connectivity index (χ1v) is 12.7. The summed E-state index contributed by atoms with van der Waals surface area (Å²) in [5.41, 5.74) is 7.60. The average Bonchev–Trinajstić information content (AvgIpc) is 3.23. The maximum atomic E-state index is 12.0. The van der Waals surface area contributed by atoms with Crippen LogP contribution >= 0.6 is 0 Å². The molecule has 31 heavy (non-hydrogen) atoms. The van der Waals surface area contributed by atoms with E-state index in [0.717, 1.165) is 19.3 Å². The summed E-state index contributed by atoms with van der Waals surface area (Å²) in [6, 6.07) is 0. The number of ether oxygens (including phenoxy) is 1. The number of ketones is 1. The fraction of sp³-hybridized carbons (Fsp3) is 0.815. The molecule has 0 bridgehead atoms. The highest BCUT2D eigenvalue weighted by Crippen LogP contribution is 2.68. The molecule has 1 heterocycles. The van der Waals surface area contributed by atoms with Gasteiger partial charge in [0.15, 0.2) is 5.78 Å². The fourth-order valence-electron chi connectivity index (χ4n) is 8.70. The minimum atomic E-state index is 0.170. The number of carbonyl (C=O) groups is 1. The number of fused-ring (bicyclic) bond motifs is 7. The summed E-state index contributed by atoms with van der Waals surface area (Å²) in [5, 5.41) is 9.50. The molecule has 2 unspecified atom stereocenters. The van der Waals surface area contributed by atoms with Crippen LogP contribution in [0, 0.1) is 46.3 Å². The largest absolute Gasteiger partial charge is 0.396 e. The first kappa shape index (κ1) is 21.9. The number of carbonyl (C=O) groups excluding carboxylic acids is 1. The minimum Gasteiger partial charge on any atom is -0.396 e. The summed E-state index contributed by atoms with van der Waals surface area (Å²) in [4.78, 5) is 12.0. The Morgan fingerprint density at radius 3 is 2.84 bits per heavy atom. The summed E-state index contributed by atoms with van der Waals surface area (Å²) in [7, 11) is 0. The van der Waals surface area contributed by atoms with Crippen LogP contribution in [0.25, 0.3) is 0 Å². The van der Waals surface area contributed by atoms with Crippen LogP contribution in [-0.4, -0.2) is 36.2 Å². The molecule has 4 aliphatic carbocycles. The fourth-order valence-corrected chi connectivity index (χ4v) is 8.70. The van der Waals surface area contributed by atoms with E-state index >= 15 is 0 Å². The second-order valence-corrected chi connectivity index (χ2v) is 11.9. The van der Waals surface area contributed by atoms with Crippen LogP contribution in [0.5, 0.6) is 0 Å². The standard InChI is InChI=1S/C27H41NO3/c1-16-23(7-4-17(14-28)15-29)31-24-13-22-20-6-5-18-12-19(30)8-10-26(18,2)21(20)9-11-27(22,3)25(16)24/h5-6,12,16-17,20-25,29H,4,7-11,13-15,28H2,1-3H3/t16-,17?,20-,21+,22+,23?,24+,25+,26+,27+/m1/s1. The number of aliphatic hydroxyl groups excluding tert-OH is 1. The zero-order valence-corrected chi connectivity index (χ0v) is 19.6. The van der Waals surface area contributed by atoms with Crippen molar-refractivity contribution in [2.45, 2.75) is 77.9 Å². The highest BCUT2D eigenvalue weighted by Gasteiger charge is 2.64. The Morgan fingerprint density at radius 1 is 1.29 bits per heavy atom. The summed E-state index contributed by atoms with van der Waals surface area (Å²) >= 11 is 0. The third-order valence-corrected chi connectivity index (χ3v) is 10.6. The van der Waals surface area contributed by atoms with Crippen molar-refractivity contribution in [2.75, 3.05) is 13.2 Å². The first-order valence-electron chi connectivity index (χ1n) is 12.7. The van der Waals surface area contributed by atoms with Gasteiger partial charge in [-0.3, -0.25) is 4.79 Å². The Morgan fingerprint density at radius 2 is 2.10 bits per heavy atom. The molecule has 4 nitrogen and oxygen atoms in total. The van der Waals surface area contributed by atoms with Crippen molar-refractivity contribution >= 4 is 5.78 Å². The molecule has 0 spiro atoms. The van der Waals surface area contributed by atoms with Crippen LogP contribution in [0.3, 0.4) is 0 Å². The van der Waals surface area contributed by atoms with Gasteiger partial charge in [0.05, 0.1) is 12.2 Å². The minimum absolute atomic E-state index is 0.170. The van der Waals surface area contributed by atoms with E-state index in [2.05, 4.69) is 32.9 Å². The average molecular weight is 428 g/mol. The zero-order valence-electron chi connectivity index (χ0n) is 19.6. The van der Waals surface area contributed by atoms with Gasteiger partial charge in [-0.25, -0.2) is 0 Å². The van der Waals surface area contributed by atoms with Crippen LogP contribution in [0.2, 0.25) is 0 Å². The normalized spacial score (nSPS) is 49.1. The van der Waals surface area contributed by atoms with Crippen molar-refractivity contribution in [3.05, 3.63) is 23.8 Å². The lowest BCUT2D eigenvalue weighted by atomic mass is 9.48. The van der Waals surface area contributed by atoms with Gasteiger partial charge in [-0.2, -0.15) is 0 Å². The molecule has 0 aromatic carbocycles. The Kier molecular flexibility index (Phi) is 5.51. The summed E-state index contributed by atoms with van der Waals surface area (Å²) in [6.45, 7) is 8.14. The number of allylic oxidation sites excluding steroid dienone is 4. The van der Waals surface area contributed by atoms with Gasteiger partial charge < -0.3 is 15.6 Å². The third kappa shape index (κ3) is 3.23. The number of rotatable bonds is 5. The molecule has 0 radical (unpaired) electrons. The second kappa shape index (κ2) is 7.81. The monoisotopic (exact) mass is 427 g/mol. The van der Waals surface area contributed by atoms with Gasteiger partial charge in [0, 0.05) is 13.0 Å². The van der Waals surface area contributed by atoms with E-state index in [0.29, 0.717) is 66.0 Å². The molecule has 2 saturated carbocycles. The second-order valence-electron chi connectivity index (χ2n) is 11.9. The molecule has 4 heteroatoms. The Labute approximate surface area is 187 Å².